The van der Waals surface area contributed by atoms with E-state index in [-0.39, 0.29) is 11.7 Å². The zero-order valence-corrected chi connectivity index (χ0v) is 10.0. The molecular formula is C12H23NO2. The highest BCUT2D eigenvalue weighted by Gasteiger charge is 2.48. The number of hydrogen-bond donors (Lipinski definition) is 2. The Bertz CT molecular complexity index is 224. The van der Waals surface area contributed by atoms with Gasteiger partial charge in [0, 0.05) is 5.71 Å². The van der Waals surface area contributed by atoms with Crippen LogP contribution in [0.5, 0.6) is 0 Å². The number of unbranched alkanes of at least 4 members (excludes halogenated alkanes) is 1. The molecule has 15 heavy (non-hydrogen) atoms. The summed E-state index contributed by atoms with van der Waals surface area (Å²) in [5.74, 6) is 0.295. The molecule has 0 saturated carbocycles. The van der Waals surface area contributed by atoms with Crippen molar-refractivity contribution >= 4 is 5.71 Å². The molecule has 1 saturated heterocycles. The zero-order chi connectivity index (χ0) is 11.5. The number of hydrogen-bond acceptors (Lipinski definition) is 3. The lowest BCUT2D eigenvalue weighted by molar-refractivity contribution is 0.0371. The van der Waals surface area contributed by atoms with Gasteiger partial charge in [-0.1, -0.05) is 13.3 Å². The van der Waals surface area contributed by atoms with Crippen molar-refractivity contribution < 1.29 is 9.84 Å². The smallest absolute Gasteiger partial charge is 0.115 e. The van der Waals surface area contributed by atoms with Gasteiger partial charge in [-0.05, 0) is 39.0 Å². The van der Waals surface area contributed by atoms with Crippen molar-refractivity contribution in [3.63, 3.8) is 0 Å². The maximum absolute atomic E-state index is 9.96. The number of aliphatic hydroxyl groups excluding tert-OH is 1. The Balaban J connectivity index is 2.12. The Morgan fingerprint density at radius 2 is 2.13 bits per heavy atom. The number of epoxide rings is 1. The average molecular weight is 213 g/mol. The standard InChI is InChI=1S/C12H23NO2/c1-9(6-4-5-7-10(2)13)11(14)12(3)8-15-12/h9,11,13-14H,4-8H2,1-3H3/t9-,11-,12+/m0/s1. The maximum Gasteiger partial charge on any atom is 0.115 e. The van der Waals surface area contributed by atoms with Crippen LogP contribution < -0.4 is 0 Å². The third-order valence-electron chi connectivity index (χ3n) is 3.23. The third kappa shape index (κ3) is 3.92. The maximum atomic E-state index is 9.96. The Morgan fingerprint density at radius 3 is 2.60 bits per heavy atom. The van der Waals surface area contributed by atoms with E-state index in [4.69, 9.17) is 10.1 Å². The molecule has 3 heteroatoms. The molecule has 0 amide bonds. The fourth-order valence-corrected chi connectivity index (χ4v) is 1.90. The topological polar surface area (TPSA) is 56.6 Å². The predicted molar refractivity (Wildman–Crippen MR) is 61.4 cm³/mol. The van der Waals surface area contributed by atoms with Gasteiger partial charge in [-0.25, -0.2) is 0 Å². The molecule has 0 bridgehead atoms. The number of ether oxygens (including phenoxy) is 1. The van der Waals surface area contributed by atoms with Crippen molar-refractivity contribution in [3.8, 4) is 0 Å². The molecule has 0 aromatic carbocycles. The summed E-state index contributed by atoms with van der Waals surface area (Å²) in [7, 11) is 0. The van der Waals surface area contributed by atoms with Gasteiger partial charge in [-0.15, -0.1) is 0 Å². The van der Waals surface area contributed by atoms with Crippen molar-refractivity contribution in [2.24, 2.45) is 5.92 Å². The van der Waals surface area contributed by atoms with Crippen LogP contribution in [0.25, 0.3) is 0 Å². The minimum atomic E-state index is -0.335. The minimum Gasteiger partial charge on any atom is -0.390 e. The summed E-state index contributed by atoms with van der Waals surface area (Å²) in [4.78, 5) is 0. The molecule has 0 spiro atoms. The van der Waals surface area contributed by atoms with Gasteiger partial charge in [0.05, 0.1) is 12.7 Å². The summed E-state index contributed by atoms with van der Waals surface area (Å²) in [5, 5.41) is 17.3. The first-order valence-electron chi connectivity index (χ1n) is 5.82. The Kier molecular flexibility index (Phi) is 4.29. The van der Waals surface area contributed by atoms with Crippen LogP contribution in [-0.2, 0) is 4.74 Å². The molecule has 3 atom stereocenters. The van der Waals surface area contributed by atoms with E-state index in [9.17, 15) is 5.11 Å². The van der Waals surface area contributed by atoms with Gasteiger partial charge in [0.15, 0.2) is 0 Å². The van der Waals surface area contributed by atoms with E-state index in [1.54, 1.807) is 0 Å². The van der Waals surface area contributed by atoms with Crippen LogP contribution in [0.1, 0.15) is 46.5 Å². The van der Waals surface area contributed by atoms with Crippen LogP contribution in [0.4, 0.5) is 0 Å². The van der Waals surface area contributed by atoms with Crippen molar-refractivity contribution in [2.75, 3.05) is 6.61 Å². The summed E-state index contributed by atoms with van der Waals surface area (Å²) in [5.41, 5.74) is 0.484. The fraction of sp³-hybridized carbons (Fsp3) is 0.917. The molecule has 0 aliphatic carbocycles. The first-order valence-corrected chi connectivity index (χ1v) is 5.82. The number of aliphatic hydroxyl groups is 1. The second kappa shape index (κ2) is 5.08. The highest BCUT2D eigenvalue weighted by molar-refractivity contribution is 5.78. The average Bonchev–Trinajstić information content (AvgIpc) is 2.90. The molecule has 0 aromatic heterocycles. The lowest BCUT2D eigenvalue weighted by Gasteiger charge is -2.22. The van der Waals surface area contributed by atoms with E-state index in [2.05, 4.69) is 6.92 Å². The quantitative estimate of drug-likeness (QED) is 0.387. The Hall–Kier alpha value is -0.410. The molecule has 1 aliphatic rings. The summed E-state index contributed by atoms with van der Waals surface area (Å²) < 4.78 is 5.24. The summed E-state index contributed by atoms with van der Waals surface area (Å²) in [6.07, 6.45) is 3.72. The first kappa shape index (κ1) is 12.7. The second-order valence-electron chi connectivity index (χ2n) is 5.05. The van der Waals surface area contributed by atoms with Gasteiger partial charge >= 0.3 is 0 Å². The van der Waals surface area contributed by atoms with Gasteiger partial charge in [0.25, 0.3) is 0 Å². The van der Waals surface area contributed by atoms with E-state index in [0.717, 1.165) is 31.4 Å². The molecule has 0 aromatic rings. The molecule has 1 fully saturated rings. The Labute approximate surface area is 92.3 Å². The summed E-state index contributed by atoms with van der Waals surface area (Å²) in [6, 6.07) is 0. The fourth-order valence-electron chi connectivity index (χ4n) is 1.90. The van der Waals surface area contributed by atoms with Crippen LogP contribution in [0, 0.1) is 11.3 Å². The van der Waals surface area contributed by atoms with Gasteiger partial charge in [-0.3, -0.25) is 0 Å². The van der Waals surface area contributed by atoms with Gasteiger partial charge in [0.2, 0.25) is 0 Å². The Morgan fingerprint density at radius 1 is 1.53 bits per heavy atom. The SMILES string of the molecule is CC(=N)CCCC[C@H](C)[C@H](O)[C@@]1(C)CO1. The van der Waals surface area contributed by atoms with Gasteiger partial charge in [0.1, 0.15) is 5.60 Å². The van der Waals surface area contributed by atoms with Crippen LogP contribution in [-0.4, -0.2) is 29.1 Å². The summed E-state index contributed by atoms with van der Waals surface area (Å²) >= 11 is 0. The van der Waals surface area contributed by atoms with Crippen LogP contribution >= 0.6 is 0 Å². The van der Waals surface area contributed by atoms with Crippen molar-refractivity contribution in [1.29, 1.82) is 5.41 Å². The van der Waals surface area contributed by atoms with Crippen molar-refractivity contribution in [3.05, 3.63) is 0 Å². The van der Waals surface area contributed by atoms with Crippen LogP contribution in [0.3, 0.4) is 0 Å². The zero-order valence-electron chi connectivity index (χ0n) is 10.0. The minimum absolute atomic E-state index is 0.267. The monoisotopic (exact) mass is 213 g/mol. The van der Waals surface area contributed by atoms with E-state index in [1.807, 2.05) is 13.8 Å². The highest BCUT2D eigenvalue weighted by Crippen LogP contribution is 2.35. The van der Waals surface area contributed by atoms with Gasteiger partial charge < -0.3 is 15.3 Å². The molecular weight excluding hydrogens is 190 g/mol. The molecule has 3 nitrogen and oxygen atoms in total. The molecule has 1 aliphatic heterocycles. The molecule has 1 rings (SSSR count). The van der Waals surface area contributed by atoms with Crippen LogP contribution in [0.2, 0.25) is 0 Å². The molecule has 0 unspecified atom stereocenters. The van der Waals surface area contributed by atoms with E-state index in [1.165, 1.54) is 0 Å². The molecule has 1 heterocycles. The number of nitrogens with one attached hydrogen (secondary N) is 1. The lowest BCUT2D eigenvalue weighted by Crippen LogP contribution is -2.32. The van der Waals surface area contributed by atoms with E-state index < -0.39 is 0 Å². The molecule has 2 N–H and O–H groups in total. The molecule has 0 radical (unpaired) electrons. The van der Waals surface area contributed by atoms with E-state index >= 15 is 0 Å². The second-order valence-corrected chi connectivity index (χ2v) is 5.05. The van der Waals surface area contributed by atoms with Crippen molar-refractivity contribution in [2.45, 2.75) is 58.2 Å². The van der Waals surface area contributed by atoms with Gasteiger partial charge in [-0.2, -0.15) is 0 Å². The van der Waals surface area contributed by atoms with Crippen LogP contribution in [0.15, 0.2) is 0 Å². The highest BCUT2D eigenvalue weighted by atomic mass is 16.6. The summed E-state index contributed by atoms with van der Waals surface area (Å²) in [6.45, 7) is 6.58. The van der Waals surface area contributed by atoms with Crippen molar-refractivity contribution in [1.82, 2.24) is 0 Å². The first-order chi connectivity index (χ1) is 6.96. The van der Waals surface area contributed by atoms with E-state index in [0.29, 0.717) is 12.5 Å². The largest absolute Gasteiger partial charge is 0.390 e. The third-order valence-corrected chi connectivity index (χ3v) is 3.23. The molecule has 88 valence electrons. The number of rotatable bonds is 7. The normalized spacial score (nSPS) is 28.5. The lowest BCUT2D eigenvalue weighted by atomic mass is 9.89. The predicted octanol–water partition coefficient (Wildman–Crippen LogP) is 2.37.